The van der Waals surface area contributed by atoms with Crippen LogP contribution >= 0.6 is 11.3 Å². The molecule has 0 bridgehead atoms. The predicted molar refractivity (Wildman–Crippen MR) is 76.2 cm³/mol. The molecule has 4 nitrogen and oxygen atoms in total. The first-order valence-corrected chi connectivity index (χ1v) is 7.39. The molecule has 3 N–H and O–H groups in total. The second-order valence-corrected chi connectivity index (χ2v) is 5.50. The molecule has 1 aromatic heterocycles. The molecule has 1 aliphatic carbocycles. The van der Waals surface area contributed by atoms with Crippen LogP contribution in [0.1, 0.15) is 43.4 Å². The maximum absolute atomic E-state index is 5.61. The molecule has 0 saturated heterocycles. The number of aliphatic imine (C=N–C) groups is 1. The van der Waals surface area contributed by atoms with E-state index >= 15 is 0 Å². The highest BCUT2D eigenvalue weighted by molar-refractivity contribution is 7.12. The van der Waals surface area contributed by atoms with E-state index in [-0.39, 0.29) is 0 Å². The van der Waals surface area contributed by atoms with E-state index in [4.69, 9.17) is 15.6 Å². The molecule has 18 heavy (non-hydrogen) atoms. The van der Waals surface area contributed by atoms with Crippen molar-refractivity contribution in [3.05, 3.63) is 16.3 Å². The monoisotopic (exact) mass is 267 g/mol. The summed E-state index contributed by atoms with van der Waals surface area (Å²) in [6.45, 7) is 0. The van der Waals surface area contributed by atoms with E-state index in [1.807, 2.05) is 11.4 Å². The largest absolute Gasteiger partial charge is 0.495 e. The summed E-state index contributed by atoms with van der Waals surface area (Å²) in [5.41, 5.74) is 2.73. The lowest BCUT2D eigenvalue weighted by Crippen LogP contribution is -2.32. The zero-order valence-electron chi connectivity index (χ0n) is 10.8. The smallest absolute Gasteiger partial charge is 0.156 e. The lowest BCUT2D eigenvalue weighted by atomic mass is 10.1. The molecule has 0 aliphatic heterocycles. The molecule has 100 valence electrons. The van der Waals surface area contributed by atoms with Crippen molar-refractivity contribution in [3.8, 4) is 5.75 Å². The fourth-order valence-electron chi connectivity index (χ4n) is 2.36. The fourth-order valence-corrected chi connectivity index (χ4v) is 3.18. The number of hydrogen-bond donors (Lipinski definition) is 2. The number of methoxy groups -OCH3 is 1. The number of rotatable bonds is 3. The third kappa shape index (κ3) is 3.23. The van der Waals surface area contributed by atoms with Crippen LogP contribution in [0.3, 0.4) is 0 Å². The summed E-state index contributed by atoms with van der Waals surface area (Å²) in [5, 5.41) is 1.99. The van der Waals surface area contributed by atoms with Gasteiger partial charge < -0.3 is 10.2 Å². The van der Waals surface area contributed by atoms with Gasteiger partial charge in [0.25, 0.3) is 0 Å². The van der Waals surface area contributed by atoms with Gasteiger partial charge >= 0.3 is 0 Å². The van der Waals surface area contributed by atoms with Crippen molar-refractivity contribution in [2.75, 3.05) is 7.11 Å². The fraction of sp³-hybridized carbons (Fsp3) is 0.615. The molecule has 0 radical (unpaired) electrons. The van der Waals surface area contributed by atoms with E-state index in [0.717, 1.165) is 16.5 Å². The average Bonchev–Trinajstić information content (AvgIpc) is 2.72. The van der Waals surface area contributed by atoms with Crippen molar-refractivity contribution in [1.29, 1.82) is 0 Å². The number of amidine groups is 1. The number of hydrazine groups is 1. The van der Waals surface area contributed by atoms with E-state index in [2.05, 4.69) is 5.43 Å². The first kappa shape index (κ1) is 13.4. The highest BCUT2D eigenvalue weighted by Gasteiger charge is 2.15. The molecule has 1 heterocycles. The molecule has 1 saturated carbocycles. The topological polar surface area (TPSA) is 59.6 Å². The molecule has 1 fully saturated rings. The van der Waals surface area contributed by atoms with Gasteiger partial charge in [0, 0.05) is 0 Å². The molecule has 1 aliphatic rings. The van der Waals surface area contributed by atoms with Crippen LogP contribution in [-0.2, 0) is 0 Å². The van der Waals surface area contributed by atoms with Gasteiger partial charge in [-0.3, -0.25) is 4.99 Å². The second-order valence-electron chi connectivity index (χ2n) is 4.59. The Bertz CT molecular complexity index is 395. The zero-order chi connectivity index (χ0) is 12.8. The summed E-state index contributed by atoms with van der Waals surface area (Å²) in [6, 6.07) is 2.34. The molecular formula is C13H21N3OS. The Balaban J connectivity index is 2.16. The number of ether oxygens (including phenoxy) is 1. The SMILES string of the molecule is COc1ccsc1C(=NC1CCCCCC1)NN. The predicted octanol–water partition coefficient (Wildman–Crippen LogP) is 2.69. The van der Waals surface area contributed by atoms with Crippen LogP contribution in [0.25, 0.3) is 0 Å². The summed E-state index contributed by atoms with van der Waals surface area (Å²) in [6.07, 6.45) is 7.54. The zero-order valence-corrected chi connectivity index (χ0v) is 11.6. The Hall–Kier alpha value is -1.07. The first-order chi connectivity index (χ1) is 8.85. The highest BCUT2D eigenvalue weighted by Crippen LogP contribution is 2.26. The minimum absolute atomic E-state index is 0.394. The van der Waals surface area contributed by atoms with Crippen molar-refractivity contribution in [1.82, 2.24) is 5.43 Å². The summed E-state index contributed by atoms with van der Waals surface area (Å²) in [5.74, 6) is 7.21. The summed E-state index contributed by atoms with van der Waals surface area (Å²) < 4.78 is 5.32. The molecule has 0 aromatic carbocycles. The van der Waals surface area contributed by atoms with E-state index in [1.54, 1.807) is 18.4 Å². The molecule has 0 unspecified atom stereocenters. The minimum Gasteiger partial charge on any atom is -0.495 e. The highest BCUT2D eigenvalue weighted by atomic mass is 32.1. The Kier molecular flexibility index (Phi) is 5.01. The molecule has 0 spiro atoms. The van der Waals surface area contributed by atoms with Gasteiger partial charge in [0.15, 0.2) is 5.84 Å². The maximum Gasteiger partial charge on any atom is 0.156 e. The van der Waals surface area contributed by atoms with Crippen LogP contribution in [-0.4, -0.2) is 19.0 Å². The lowest BCUT2D eigenvalue weighted by molar-refractivity contribution is 0.415. The number of thiophene rings is 1. The normalized spacial score (nSPS) is 18.4. The quantitative estimate of drug-likeness (QED) is 0.291. The number of nitrogens with zero attached hydrogens (tertiary/aromatic N) is 1. The number of nitrogens with one attached hydrogen (secondary N) is 1. The van der Waals surface area contributed by atoms with Gasteiger partial charge in [0.2, 0.25) is 0 Å². The van der Waals surface area contributed by atoms with Gasteiger partial charge in [0.05, 0.1) is 13.2 Å². The standard InChI is InChI=1S/C13H21N3OS/c1-17-11-8-9-18-12(11)13(16-14)15-10-6-4-2-3-5-7-10/h8-10H,2-7,14H2,1H3,(H,15,16). The van der Waals surface area contributed by atoms with Gasteiger partial charge in [-0.25, -0.2) is 5.84 Å². The van der Waals surface area contributed by atoms with E-state index in [9.17, 15) is 0 Å². The molecule has 0 amide bonds. The van der Waals surface area contributed by atoms with Crippen LogP contribution in [0, 0.1) is 0 Å². The Labute approximate surface area is 112 Å². The van der Waals surface area contributed by atoms with Crippen LogP contribution in [0.5, 0.6) is 5.75 Å². The van der Waals surface area contributed by atoms with Crippen LogP contribution in [0.4, 0.5) is 0 Å². The van der Waals surface area contributed by atoms with Crippen molar-refractivity contribution >= 4 is 17.2 Å². The molecule has 5 heteroatoms. The lowest BCUT2D eigenvalue weighted by Gasteiger charge is -2.12. The average molecular weight is 267 g/mol. The maximum atomic E-state index is 5.61. The summed E-state index contributed by atoms with van der Waals surface area (Å²) in [4.78, 5) is 5.77. The Morgan fingerprint density at radius 3 is 2.72 bits per heavy atom. The molecule has 2 rings (SSSR count). The third-order valence-corrected chi connectivity index (χ3v) is 4.24. The van der Waals surface area contributed by atoms with Gasteiger partial charge in [-0.15, -0.1) is 11.3 Å². The van der Waals surface area contributed by atoms with Crippen molar-refractivity contribution in [3.63, 3.8) is 0 Å². The molecule has 0 atom stereocenters. The Morgan fingerprint density at radius 1 is 1.39 bits per heavy atom. The van der Waals surface area contributed by atoms with E-state index < -0.39 is 0 Å². The Morgan fingerprint density at radius 2 is 2.11 bits per heavy atom. The van der Waals surface area contributed by atoms with Crippen molar-refractivity contribution < 1.29 is 4.74 Å². The number of nitrogens with two attached hydrogens (primary N) is 1. The van der Waals surface area contributed by atoms with Gasteiger partial charge in [-0.1, -0.05) is 25.7 Å². The van der Waals surface area contributed by atoms with Crippen LogP contribution in [0.2, 0.25) is 0 Å². The second kappa shape index (κ2) is 6.75. The summed E-state index contributed by atoms with van der Waals surface area (Å²) in [7, 11) is 1.67. The summed E-state index contributed by atoms with van der Waals surface area (Å²) >= 11 is 1.60. The van der Waals surface area contributed by atoms with Gasteiger partial charge in [0.1, 0.15) is 10.6 Å². The first-order valence-electron chi connectivity index (χ1n) is 6.51. The van der Waals surface area contributed by atoms with E-state index in [1.165, 1.54) is 38.5 Å². The third-order valence-electron chi connectivity index (χ3n) is 3.34. The van der Waals surface area contributed by atoms with E-state index in [0.29, 0.717) is 6.04 Å². The molecular weight excluding hydrogens is 246 g/mol. The van der Waals surface area contributed by atoms with Crippen LogP contribution in [0.15, 0.2) is 16.4 Å². The van der Waals surface area contributed by atoms with Crippen LogP contribution < -0.4 is 16.0 Å². The van der Waals surface area contributed by atoms with Gasteiger partial charge in [-0.05, 0) is 24.3 Å². The van der Waals surface area contributed by atoms with Gasteiger partial charge in [-0.2, -0.15) is 0 Å². The molecule has 1 aromatic rings. The minimum atomic E-state index is 0.394. The van der Waals surface area contributed by atoms with Crippen molar-refractivity contribution in [2.24, 2.45) is 10.8 Å². The number of hydrogen-bond acceptors (Lipinski definition) is 4. The van der Waals surface area contributed by atoms with Crippen molar-refractivity contribution in [2.45, 2.75) is 44.6 Å².